The monoisotopic (exact) mass is 1220 g/mol. The topological polar surface area (TPSA) is 285 Å². The number of nitrogens with one attached hydrogen (secondary N) is 4. The van der Waals surface area contributed by atoms with Gasteiger partial charge in [0.15, 0.2) is 0 Å². The molecule has 6 aromatic heterocycles. The summed E-state index contributed by atoms with van der Waals surface area (Å²) in [6, 6.07) is 5.77. The number of carboxylic acid groups (broad SMARTS) is 1. The van der Waals surface area contributed by atoms with Crippen LogP contribution in [0.4, 0.5) is 46.5 Å². The van der Waals surface area contributed by atoms with E-state index in [0.717, 1.165) is 28.4 Å². The number of aryl methyl sites for hydroxylation is 4. The van der Waals surface area contributed by atoms with Crippen LogP contribution in [0.25, 0.3) is 33.4 Å². The van der Waals surface area contributed by atoms with Crippen molar-refractivity contribution in [3.05, 3.63) is 185 Å². The molecule has 0 fully saturated rings. The number of hydrogen-bond acceptors (Lipinski definition) is 15. The van der Waals surface area contributed by atoms with Crippen molar-refractivity contribution in [2.75, 3.05) is 17.7 Å². The molecule has 8 aromatic rings. The van der Waals surface area contributed by atoms with E-state index in [0.29, 0.717) is 22.2 Å². The Morgan fingerprint density at radius 1 is 0.598 bits per heavy atom. The second-order valence-corrected chi connectivity index (χ2v) is 19.7. The Kier molecular flexibility index (Phi) is 19.5. The third-order valence-corrected chi connectivity index (χ3v) is 13.8. The minimum Gasteiger partial charge on any atom is -0.480 e. The third-order valence-electron chi connectivity index (χ3n) is 13.8. The molecule has 0 bridgehead atoms. The molecule has 8 rings (SSSR count). The summed E-state index contributed by atoms with van der Waals surface area (Å²) in [5, 5.41) is 19.3. The van der Waals surface area contributed by atoms with Gasteiger partial charge in [-0.2, -0.15) is 26.3 Å². The minimum absolute atomic E-state index is 0.00891. The molecule has 6 heterocycles. The molecule has 4 atom stereocenters. The van der Waals surface area contributed by atoms with Gasteiger partial charge in [-0.05, 0) is 97.5 Å². The molecule has 30 heteroatoms. The maximum absolute atomic E-state index is 15.0. The highest BCUT2D eigenvalue weighted by atomic mass is 19.4. The van der Waals surface area contributed by atoms with Crippen LogP contribution >= 0.6 is 0 Å². The molecule has 0 unspecified atom stereocenters. The van der Waals surface area contributed by atoms with Crippen molar-refractivity contribution in [3.63, 3.8) is 0 Å². The molecule has 458 valence electrons. The summed E-state index contributed by atoms with van der Waals surface area (Å²) in [7, 11) is 4.05. The number of nitrogens with zero attached hydrogens (tertiary/aromatic N) is 8. The number of amides is 2. The molecule has 5 N–H and O–H groups in total. The van der Waals surface area contributed by atoms with E-state index in [1.165, 1.54) is 137 Å². The Labute approximate surface area is 486 Å². The number of ether oxygens (including phenoxy) is 1. The Morgan fingerprint density at radius 2 is 0.989 bits per heavy atom. The van der Waals surface area contributed by atoms with Gasteiger partial charge in [-0.15, -0.1) is 0 Å². The van der Waals surface area contributed by atoms with E-state index in [-0.39, 0.29) is 70.6 Å². The first kappa shape index (κ1) is 64.4. The second-order valence-electron chi connectivity index (χ2n) is 19.7. The first-order valence-corrected chi connectivity index (χ1v) is 26.2. The van der Waals surface area contributed by atoms with Crippen LogP contribution in [0.1, 0.15) is 69.7 Å². The number of halogens is 8. The molecular weight excluding hydrogens is 1160 g/mol. The lowest BCUT2D eigenvalue weighted by atomic mass is 10.0. The molecule has 2 amide bonds. The fraction of sp³-hybridized carbons (Fsp3) is 0.298. The number of anilines is 2. The summed E-state index contributed by atoms with van der Waals surface area (Å²) in [5.74, 6) is -6.61. The van der Waals surface area contributed by atoms with Gasteiger partial charge in [0, 0.05) is 63.1 Å². The lowest BCUT2D eigenvalue weighted by molar-refractivity contribution is -0.143. The van der Waals surface area contributed by atoms with Crippen LogP contribution in [0.2, 0.25) is 0 Å². The maximum atomic E-state index is 15.0. The number of alkyl halides is 6. The number of carboxylic acids is 1. The van der Waals surface area contributed by atoms with Gasteiger partial charge in [0.1, 0.15) is 47.4 Å². The van der Waals surface area contributed by atoms with E-state index in [2.05, 4.69) is 41.2 Å². The second kappa shape index (κ2) is 26.4. The molecule has 0 aliphatic heterocycles. The SMILES string of the molecule is CC[C@@H](Nc1cc(C)c(C(=O)N[C@@H](Cc2ccc(-n3c(=O)c4ccncc4n(C)c3=O)nc2)C(=O)O)c(F)c1)C(F)(F)F.CC[C@@H](Nc1cc(C)c(C(=O)N[C@@H](Cc2ccc(-n3c(=O)c4ccncc4n(C)c3=O)nc2)C(=O)OC)c(F)c1)C(F)(F)F. The highest BCUT2D eigenvalue weighted by Gasteiger charge is 2.40. The highest BCUT2D eigenvalue weighted by Crippen LogP contribution is 2.30. The average Bonchev–Trinajstić information content (AvgIpc) is 0.876. The number of fused-ring (bicyclic) bond motifs is 2. The van der Waals surface area contributed by atoms with E-state index in [1.54, 1.807) is 0 Å². The summed E-state index contributed by atoms with van der Waals surface area (Å²) in [5.41, 5.74) is -2.48. The van der Waals surface area contributed by atoms with E-state index in [1.807, 2.05) is 0 Å². The van der Waals surface area contributed by atoms with E-state index in [9.17, 15) is 74.2 Å². The first-order chi connectivity index (χ1) is 41.0. The van der Waals surface area contributed by atoms with E-state index < -0.39 is 106 Å². The van der Waals surface area contributed by atoms with Crippen molar-refractivity contribution in [1.82, 2.24) is 48.8 Å². The van der Waals surface area contributed by atoms with Crippen LogP contribution in [-0.4, -0.2) is 111 Å². The highest BCUT2D eigenvalue weighted by molar-refractivity contribution is 5.99. The minimum atomic E-state index is -4.57. The van der Waals surface area contributed by atoms with Crippen LogP contribution in [0.3, 0.4) is 0 Å². The zero-order chi connectivity index (χ0) is 64.0. The van der Waals surface area contributed by atoms with Crippen LogP contribution in [0.5, 0.6) is 0 Å². The lowest BCUT2D eigenvalue weighted by Gasteiger charge is -2.22. The van der Waals surface area contributed by atoms with Gasteiger partial charge in [-0.3, -0.25) is 38.3 Å². The number of hydrogen-bond donors (Lipinski definition) is 5. The van der Waals surface area contributed by atoms with Crippen molar-refractivity contribution in [1.29, 1.82) is 0 Å². The van der Waals surface area contributed by atoms with Crippen molar-refractivity contribution >= 4 is 56.9 Å². The van der Waals surface area contributed by atoms with Gasteiger partial charge in [0.05, 0.1) is 52.4 Å². The van der Waals surface area contributed by atoms with Crippen molar-refractivity contribution in [2.24, 2.45) is 14.1 Å². The number of rotatable bonds is 18. The molecule has 0 radical (unpaired) electrons. The van der Waals surface area contributed by atoms with Gasteiger partial charge in [0.2, 0.25) is 0 Å². The van der Waals surface area contributed by atoms with Gasteiger partial charge < -0.3 is 31.1 Å². The average molecular weight is 1220 g/mol. The zero-order valence-electron chi connectivity index (χ0n) is 47.1. The summed E-state index contributed by atoms with van der Waals surface area (Å²) in [4.78, 5) is 118. The predicted octanol–water partition coefficient (Wildman–Crippen LogP) is 6.30. The summed E-state index contributed by atoms with van der Waals surface area (Å²) in [6.45, 7) is 5.30. The number of aliphatic carboxylic acids is 1. The molecule has 87 heavy (non-hydrogen) atoms. The smallest absolute Gasteiger partial charge is 0.408 e. The van der Waals surface area contributed by atoms with Crippen molar-refractivity contribution in [2.45, 2.75) is 89.9 Å². The summed E-state index contributed by atoms with van der Waals surface area (Å²) < 4.78 is 118. The van der Waals surface area contributed by atoms with Gasteiger partial charge >= 0.3 is 35.7 Å². The fourth-order valence-electron chi connectivity index (χ4n) is 9.26. The molecule has 0 saturated heterocycles. The number of carbonyl (C=O) groups is 4. The molecule has 0 spiro atoms. The van der Waals surface area contributed by atoms with E-state index >= 15 is 4.39 Å². The van der Waals surface area contributed by atoms with Crippen molar-refractivity contribution in [3.8, 4) is 11.6 Å². The summed E-state index contributed by atoms with van der Waals surface area (Å²) >= 11 is 0. The quantitative estimate of drug-likeness (QED) is 0.0465. The third kappa shape index (κ3) is 14.3. The van der Waals surface area contributed by atoms with Crippen LogP contribution < -0.4 is 43.8 Å². The zero-order valence-corrected chi connectivity index (χ0v) is 47.1. The van der Waals surface area contributed by atoms with Crippen molar-refractivity contribution < 1.29 is 64.1 Å². The van der Waals surface area contributed by atoms with Crippen LogP contribution in [0.15, 0.2) is 117 Å². The van der Waals surface area contributed by atoms with Gasteiger partial charge in [-0.1, -0.05) is 26.0 Å². The number of methoxy groups -OCH3 is 1. The Morgan fingerprint density at radius 3 is 1.32 bits per heavy atom. The lowest BCUT2D eigenvalue weighted by Crippen LogP contribution is -2.43. The molecule has 0 aliphatic rings. The number of pyridine rings is 4. The number of carbonyl (C=O) groups excluding carboxylic acids is 3. The van der Waals surface area contributed by atoms with E-state index in [4.69, 9.17) is 4.74 Å². The fourth-order valence-corrected chi connectivity index (χ4v) is 9.26. The Balaban J connectivity index is 0.000000249. The first-order valence-electron chi connectivity index (χ1n) is 26.2. The Bertz CT molecular complexity index is 4140. The molecule has 22 nitrogen and oxygen atoms in total. The van der Waals surface area contributed by atoms with Crippen LogP contribution in [0, 0.1) is 25.5 Å². The number of aromatic nitrogens is 8. The standard InChI is InChI=1S/C29H28F4N6O5.C28H26F4N6O5/c1-5-22(29(31,32)33)36-17-10-15(2)24(19(30)12-17)25(40)37-20(27(42)44-4)11-16-6-7-23(35-13-16)39-26(41)18-8-9-34-14-21(18)38(3)28(39)43;1-4-21(28(30,31)32)35-16-9-14(2)23(18(29)11-16)24(39)36-19(26(41)42)10-15-5-6-22(34-12-15)38-25(40)17-7-8-33-13-20(17)37(3)27(38)43/h6-10,12-14,20,22,36H,5,11H2,1-4H3,(H,37,40);5-9,11-13,19,21,35H,4,10H2,1-3H3,(H,36,39)(H,41,42)/t20-,22+;19-,21+/m00/s1. The summed E-state index contributed by atoms with van der Waals surface area (Å²) in [6.07, 6.45) is -2.05. The normalized spacial score (nSPS) is 13.0. The molecule has 0 saturated carbocycles. The molecule has 0 aliphatic carbocycles. The van der Waals surface area contributed by atoms with Crippen LogP contribution in [-0.2, 0) is 41.3 Å². The maximum Gasteiger partial charge on any atom is 0.408 e. The molecular formula is C57H54F8N12O10. The molecule has 2 aromatic carbocycles. The Hall–Kier alpha value is -10.2. The largest absolute Gasteiger partial charge is 0.480 e. The number of benzene rings is 2. The van der Waals surface area contributed by atoms with Gasteiger partial charge in [-0.25, -0.2) is 47.1 Å². The number of esters is 1. The predicted molar refractivity (Wildman–Crippen MR) is 300 cm³/mol. The van der Waals surface area contributed by atoms with Gasteiger partial charge in [0.25, 0.3) is 22.9 Å².